The molecule has 21 heavy (non-hydrogen) atoms. The minimum absolute atomic E-state index is 0.620. The second kappa shape index (κ2) is 6.99. The van der Waals surface area contributed by atoms with Gasteiger partial charge in [0.15, 0.2) is 11.5 Å². The third-order valence-corrected chi connectivity index (χ3v) is 3.08. The summed E-state index contributed by atoms with van der Waals surface area (Å²) in [7, 11) is 4.84. The van der Waals surface area contributed by atoms with Crippen LogP contribution in [0.15, 0.2) is 22.7 Å². The Kier molecular flexibility index (Phi) is 5.05. The number of hydrogen-bond donors (Lipinski definition) is 1. The topological polar surface area (TPSA) is 65.8 Å². The number of rotatable bonds is 7. The lowest BCUT2D eigenvalue weighted by molar-refractivity contribution is 0.347. The van der Waals surface area contributed by atoms with Crippen molar-refractivity contribution in [1.29, 1.82) is 0 Å². The average molecular weight is 292 g/mol. The van der Waals surface area contributed by atoms with Gasteiger partial charge in [0.1, 0.15) is 11.5 Å². The van der Waals surface area contributed by atoms with Crippen molar-refractivity contribution in [3.8, 4) is 17.2 Å². The first-order valence-electron chi connectivity index (χ1n) is 6.59. The number of nitrogens with one attached hydrogen (secondary N) is 1. The van der Waals surface area contributed by atoms with Crippen LogP contribution < -0.4 is 19.5 Å². The molecule has 0 bridgehead atoms. The van der Waals surface area contributed by atoms with Crippen LogP contribution in [0.2, 0.25) is 0 Å². The first-order valence-corrected chi connectivity index (χ1v) is 6.59. The molecule has 6 heteroatoms. The molecule has 0 aliphatic heterocycles. The molecule has 2 aromatic rings. The molecule has 1 N–H and O–H groups in total. The van der Waals surface area contributed by atoms with E-state index in [1.54, 1.807) is 21.3 Å². The molecule has 0 aliphatic carbocycles. The van der Waals surface area contributed by atoms with Gasteiger partial charge in [-0.25, -0.2) is 0 Å². The van der Waals surface area contributed by atoms with Crippen LogP contribution in [0.25, 0.3) is 0 Å². The Morgan fingerprint density at radius 1 is 0.952 bits per heavy atom. The summed E-state index contributed by atoms with van der Waals surface area (Å²) in [5.41, 5.74) is 1.85. The highest BCUT2D eigenvalue weighted by Crippen LogP contribution is 2.34. The summed E-state index contributed by atoms with van der Waals surface area (Å²) in [4.78, 5) is 0. The molecule has 0 fully saturated rings. The minimum atomic E-state index is 0.620. The Labute approximate surface area is 124 Å². The summed E-state index contributed by atoms with van der Waals surface area (Å²) >= 11 is 0. The summed E-state index contributed by atoms with van der Waals surface area (Å²) < 4.78 is 21.0. The zero-order valence-electron chi connectivity index (χ0n) is 12.7. The molecular weight excluding hydrogens is 272 g/mol. The molecule has 1 heterocycles. The van der Waals surface area contributed by atoms with E-state index in [0.717, 1.165) is 22.8 Å². The van der Waals surface area contributed by atoms with Gasteiger partial charge < -0.3 is 24.1 Å². The van der Waals surface area contributed by atoms with Crippen molar-refractivity contribution in [1.82, 2.24) is 10.5 Å². The fourth-order valence-corrected chi connectivity index (χ4v) is 2.06. The zero-order valence-corrected chi connectivity index (χ0v) is 12.7. The van der Waals surface area contributed by atoms with Crippen molar-refractivity contribution < 1.29 is 18.7 Å². The number of nitrogens with zero attached hydrogens (tertiary/aromatic N) is 1. The van der Waals surface area contributed by atoms with E-state index in [2.05, 4.69) is 10.5 Å². The van der Waals surface area contributed by atoms with Crippen LogP contribution in [0.4, 0.5) is 0 Å². The summed E-state index contributed by atoms with van der Waals surface area (Å²) in [6.07, 6.45) is 0. The molecule has 0 aliphatic rings. The summed E-state index contributed by atoms with van der Waals surface area (Å²) in [6, 6.07) is 5.62. The van der Waals surface area contributed by atoms with Gasteiger partial charge in [-0.15, -0.1) is 0 Å². The molecular formula is C15H20N2O4. The van der Waals surface area contributed by atoms with Crippen molar-refractivity contribution in [2.75, 3.05) is 21.3 Å². The van der Waals surface area contributed by atoms with Crippen LogP contribution in [0.1, 0.15) is 17.0 Å². The van der Waals surface area contributed by atoms with E-state index in [-0.39, 0.29) is 0 Å². The van der Waals surface area contributed by atoms with Gasteiger partial charge in [0, 0.05) is 30.8 Å². The van der Waals surface area contributed by atoms with Crippen LogP contribution in [0, 0.1) is 6.92 Å². The predicted octanol–water partition coefficient (Wildman–Crippen LogP) is 2.30. The lowest BCUT2D eigenvalue weighted by Crippen LogP contribution is -2.13. The maximum Gasteiger partial charge on any atom is 0.164 e. The summed E-state index contributed by atoms with van der Waals surface area (Å²) in [5, 5.41) is 7.23. The molecule has 0 saturated heterocycles. The number of benzene rings is 1. The average Bonchev–Trinajstić information content (AvgIpc) is 2.92. The quantitative estimate of drug-likeness (QED) is 0.844. The van der Waals surface area contributed by atoms with Crippen molar-refractivity contribution >= 4 is 0 Å². The molecule has 0 unspecified atom stereocenters. The van der Waals surface area contributed by atoms with E-state index < -0.39 is 0 Å². The Morgan fingerprint density at radius 3 is 2.19 bits per heavy atom. The monoisotopic (exact) mass is 292 g/mol. The standard InChI is InChI=1S/C15H20N2O4/c1-10-5-12(17-21-10)9-16-8-11-6-14(19-3)15(20-4)7-13(11)18-2/h5-7,16H,8-9H2,1-4H3. The number of methoxy groups -OCH3 is 3. The maximum absolute atomic E-state index is 5.38. The van der Waals surface area contributed by atoms with Crippen molar-refractivity contribution in [3.63, 3.8) is 0 Å². The largest absolute Gasteiger partial charge is 0.496 e. The SMILES string of the molecule is COc1cc(OC)c(OC)cc1CNCc1cc(C)on1. The number of hydrogen-bond acceptors (Lipinski definition) is 6. The van der Waals surface area contributed by atoms with Gasteiger partial charge in [0.05, 0.1) is 27.0 Å². The highest BCUT2D eigenvalue weighted by Gasteiger charge is 2.11. The van der Waals surface area contributed by atoms with E-state index in [1.165, 1.54) is 0 Å². The molecule has 0 atom stereocenters. The van der Waals surface area contributed by atoms with Crippen molar-refractivity contribution in [2.24, 2.45) is 0 Å². The molecule has 0 spiro atoms. The van der Waals surface area contributed by atoms with Gasteiger partial charge >= 0.3 is 0 Å². The van der Waals surface area contributed by atoms with Crippen LogP contribution in [-0.2, 0) is 13.1 Å². The fourth-order valence-electron chi connectivity index (χ4n) is 2.06. The normalized spacial score (nSPS) is 10.5. The minimum Gasteiger partial charge on any atom is -0.496 e. The Balaban J connectivity index is 2.07. The Morgan fingerprint density at radius 2 is 1.62 bits per heavy atom. The van der Waals surface area contributed by atoms with Gasteiger partial charge in [0.25, 0.3) is 0 Å². The van der Waals surface area contributed by atoms with E-state index >= 15 is 0 Å². The predicted molar refractivity (Wildman–Crippen MR) is 77.9 cm³/mol. The molecule has 1 aromatic carbocycles. The van der Waals surface area contributed by atoms with Crippen LogP contribution in [0.5, 0.6) is 17.2 Å². The van der Waals surface area contributed by atoms with Gasteiger partial charge in [-0.05, 0) is 13.0 Å². The van der Waals surface area contributed by atoms with Crippen molar-refractivity contribution in [3.05, 3.63) is 35.2 Å². The summed E-state index contributed by atoms with van der Waals surface area (Å²) in [5.74, 6) is 2.87. The van der Waals surface area contributed by atoms with Gasteiger partial charge in [-0.3, -0.25) is 0 Å². The lowest BCUT2D eigenvalue weighted by atomic mass is 10.1. The highest BCUT2D eigenvalue weighted by molar-refractivity contribution is 5.50. The highest BCUT2D eigenvalue weighted by atomic mass is 16.5. The molecule has 0 saturated carbocycles. The first-order chi connectivity index (χ1) is 10.2. The molecule has 6 nitrogen and oxygen atoms in total. The second-order valence-corrected chi connectivity index (χ2v) is 4.55. The van der Waals surface area contributed by atoms with Gasteiger partial charge in [0.2, 0.25) is 0 Å². The third kappa shape index (κ3) is 3.66. The first kappa shape index (κ1) is 15.2. The van der Waals surface area contributed by atoms with Crippen LogP contribution in [-0.4, -0.2) is 26.5 Å². The molecule has 0 amide bonds. The fraction of sp³-hybridized carbons (Fsp3) is 0.400. The van der Waals surface area contributed by atoms with Crippen LogP contribution >= 0.6 is 0 Å². The van der Waals surface area contributed by atoms with E-state index in [4.69, 9.17) is 18.7 Å². The van der Waals surface area contributed by atoms with Gasteiger partial charge in [-0.1, -0.05) is 5.16 Å². The second-order valence-electron chi connectivity index (χ2n) is 4.55. The van der Waals surface area contributed by atoms with Gasteiger partial charge in [-0.2, -0.15) is 0 Å². The number of ether oxygens (including phenoxy) is 3. The maximum atomic E-state index is 5.38. The zero-order chi connectivity index (χ0) is 15.2. The Bertz CT molecular complexity index is 595. The molecule has 1 aromatic heterocycles. The number of aryl methyl sites for hydroxylation is 1. The smallest absolute Gasteiger partial charge is 0.164 e. The summed E-state index contributed by atoms with van der Waals surface area (Å²) in [6.45, 7) is 3.11. The Hall–Kier alpha value is -2.21. The molecule has 114 valence electrons. The van der Waals surface area contributed by atoms with E-state index in [0.29, 0.717) is 24.6 Å². The van der Waals surface area contributed by atoms with Crippen molar-refractivity contribution in [2.45, 2.75) is 20.0 Å². The molecule has 0 radical (unpaired) electrons. The number of aromatic nitrogens is 1. The van der Waals surface area contributed by atoms with E-state index in [9.17, 15) is 0 Å². The van der Waals surface area contributed by atoms with E-state index in [1.807, 2.05) is 25.1 Å². The lowest BCUT2D eigenvalue weighted by Gasteiger charge is -2.14. The van der Waals surface area contributed by atoms with Crippen LogP contribution in [0.3, 0.4) is 0 Å². The molecule has 2 rings (SSSR count). The third-order valence-electron chi connectivity index (χ3n) is 3.08.